The van der Waals surface area contributed by atoms with Gasteiger partial charge in [0.05, 0.1) is 19.2 Å². The molecule has 0 bridgehead atoms. The van der Waals surface area contributed by atoms with Gasteiger partial charge in [0.1, 0.15) is 11.5 Å². The molecule has 0 radical (unpaired) electrons. The average molecular weight is 239 g/mol. The quantitative estimate of drug-likeness (QED) is 0.817. The van der Waals surface area contributed by atoms with Gasteiger partial charge in [0.15, 0.2) is 0 Å². The maximum Gasteiger partial charge on any atom is 0.256 e. The van der Waals surface area contributed by atoms with Crippen LogP contribution in [-0.2, 0) is 0 Å². The van der Waals surface area contributed by atoms with E-state index in [2.05, 4.69) is 5.32 Å². The van der Waals surface area contributed by atoms with E-state index in [9.17, 15) is 4.79 Å². The predicted octanol–water partition coefficient (Wildman–Crippen LogP) is 1.78. The standard InChI is InChI=1S/C11H13NO3S/c1-7(16)12-11(13)8-4-9(14-2)6-10(5-8)15-3/h4-6H,1-3H3,(H,12,13,16). The number of hydrogen-bond acceptors (Lipinski definition) is 4. The molecule has 1 aromatic rings. The molecule has 4 nitrogen and oxygen atoms in total. The second-order valence-corrected chi connectivity index (χ2v) is 3.72. The summed E-state index contributed by atoms with van der Waals surface area (Å²) in [5, 5.41) is 2.54. The Morgan fingerprint density at radius 1 is 1.19 bits per heavy atom. The van der Waals surface area contributed by atoms with E-state index < -0.39 is 0 Å². The number of thiocarbonyl (C=S) groups is 1. The molecule has 1 N–H and O–H groups in total. The summed E-state index contributed by atoms with van der Waals surface area (Å²) < 4.78 is 10.1. The van der Waals surface area contributed by atoms with Crippen molar-refractivity contribution in [2.75, 3.05) is 14.2 Å². The molecule has 16 heavy (non-hydrogen) atoms. The summed E-state index contributed by atoms with van der Waals surface area (Å²) in [5.74, 6) is 0.850. The van der Waals surface area contributed by atoms with Crippen LogP contribution in [0.4, 0.5) is 0 Å². The molecule has 0 unspecified atom stereocenters. The van der Waals surface area contributed by atoms with Crippen LogP contribution in [0.15, 0.2) is 18.2 Å². The lowest BCUT2D eigenvalue weighted by Crippen LogP contribution is -2.26. The molecule has 5 heteroatoms. The van der Waals surface area contributed by atoms with Crippen LogP contribution < -0.4 is 14.8 Å². The van der Waals surface area contributed by atoms with Gasteiger partial charge in [-0.1, -0.05) is 12.2 Å². The molecule has 0 saturated carbocycles. The Kier molecular flexibility index (Phi) is 4.25. The average Bonchev–Trinajstić information content (AvgIpc) is 2.27. The lowest BCUT2D eigenvalue weighted by molar-refractivity contribution is 0.0977. The van der Waals surface area contributed by atoms with E-state index in [1.165, 1.54) is 14.2 Å². The minimum Gasteiger partial charge on any atom is -0.497 e. The number of hydrogen-bond donors (Lipinski definition) is 1. The second-order valence-electron chi connectivity index (χ2n) is 3.11. The van der Waals surface area contributed by atoms with Crippen LogP contribution in [0.5, 0.6) is 11.5 Å². The topological polar surface area (TPSA) is 47.6 Å². The third-order valence-corrected chi connectivity index (χ3v) is 2.01. The van der Waals surface area contributed by atoms with Gasteiger partial charge in [0.25, 0.3) is 5.91 Å². The molecule has 0 atom stereocenters. The van der Waals surface area contributed by atoms with Crippen molar-refractivity contribution >= 4 is 23.1 Å². The zero-order chi connectivity index (χ0) is 12.1. The molecular weight excluding hydrogens is 226 g/mol. The van der Waals surface area contributed by atoms with Crippen molar-refractivity contribution < 1.29 is 14.3 Å². The van der Waals surface area contributed by atoms with Gasteiger partial charge in [-0.2, -0.15) is 0 Å². The summed E-state index contributed by atoms with van der Waals surface area (Å²) in [7, 11) is 3.06. The highest BCUT2D eigenvalue weighted by atomic mass is 32.1. The van der Waals surface area contributed by atoms with Crippen LogP contribution in [0.3, 0.4) is 0 Å². The van der Waals surface area contributed by atoms with Crippen LogP contribution in [0.1, 0.15) is 17.3 Å². The molecule has 1 rings (SSSR count). The molecule has 0 aliphatic heterocycles. The molecule has 0 aliphatic carbocycles. The molecule has 0 fully saturated rings. The third-order valence-electron chi connectivity index (χ3n) is 1.90. The lowest BCUT2D eigenvalue weighted by Gasteiger charge is -2.08. The normalized spacial score (nSPS) is 9.44. The van der Waals surface area contributed by atoms with Crippen molar-refractivity contribution in [1.29, 1.82) is 0 Å². The summed E-state index contributed by atoms with van der Waals surface area (Å²) in [6.45, 7) is 1.64. The van der Waals surface area contributed by atoms with Gasteiger partial charge in [-0.3, -0.25) is 4.79 Å². The van der Waals surface area contributed by atoms with Crippen molar-refractivity contribution in [2.24, 2.45) is 0 Å². The highest BCUT2D eigenvalue weighted by molar-refractivity contribution is 7.80. The minimum atomic E-state index is -0.273. The largest absolute Gasteiger partial charge is 0.497 e. The van der Waals surface area contributed by atoms with Crippen LogP contribution >= 0.6 is 12.2 Å². The van der Waals surface area contributed by atoms with Gasteiger partial charge in [-0.05, 0) is 19.1 Å². The summed E-state index contributed by atoms with van der Waals surface area (Å²) >= 11 is 4.80. The van der Waals surface area contributed by atoms with Gasteiger partial charge < -0.3 is 14.8 Å². The number of nitrogens with one attached hydrogen (secondary N) is 1. The molecule has 0 saturated heterocycles. The molecular formula is C11H13NO3S. The molecule has 0 aliphatic rings. The SMILES string of the molecule is COc1cc(OC)cc(C(=O)NC(C)=S)c1. The van der Waals surface area contributed by atoms with Crippen molar-refractivity contribution in [3.63, 3.8) is 0 Å². The predicted molar refractivity (Wildman–Crippen MR) is 65.3 cm³/mol. The summed E-state index contributed by atoms with van der Waals surface area (Å²) in [6.07, 6.45) is 0. The number of methoxy groups -OCH3 is 2. The Labute approximate surface area is 99.6 Å². The van der Waals surface area contributed by atoms with E-state index in [0.29, 0.717) is 22.1 Å². The fraction of sp³-hybridized carbons (Fsp3) is 0.273. The van der Waals surface area contributed by atoms with Gasteiger partial charge in [0.2, 0.25) is 0 Å². The van der Waals surface area contributed by atoms with E-state index in [1.807, 2.05) is 0 Å². The molecule has 86 valence electrons. The van der Waals surface area contributed by atoms with E-state index in [-0.39, 0.29) is 5.91 Å². The maximum absolute atomic E-state index is 11.7. The van der Waals surface area contributed by atoms with Gasteiger partial charge in [-0.25, -0.2) is 0 Å². The van der Waals surface area contributed by atoms with Crippen LogP contribution in [0.2, 0.25) is 0 Å². The zero-order valence-electron chi connectivity index (χ0n) is 9.37. The van der Waals surface area contributed by atoms with Crippen molar-refractivity contribution in [1.82, 2.24) is 5.32 Å². The van der Waals surface area contributed by atoms with E-state index in [1.54, 1.807) is 25.1 Å². The van der Waals surface area contributed by atoms with E-state index in [4.69, 9.17) is 21.7 Å². The number of benzene rings is 1. The number of carbonyl (C=O) groups is 1. The minimum absolute atomic E-state index is 0.273. The summed E-state index contributed by atoms with van der Waals surface area (Å²) in [4.78, 5) is 12.1. The molecule has 1 aromatic carbocycles. The highest BCUT2D eigenvalue weighted by Crippen LogP contribution is 2.22. The van der Waals surface area contributed by atoms with E-state index >= 15 is 0 Å². The van der Waals surface area contributed by atoms with Crippen LogP contribution in [0.25, 0.3) is 0 Å². The molecule has 0 heterocycles. The van der Waals surface area contributed by atoms with Crippen molar-refractivity contribution in [3.8, 4) is 11.5 Å². The molecule has 0 spiro atoms. The lowest BCUT2D eigenvalue weighted by atomic mass is 10.2. The Morgan fingerprint density at radius 2 is 1.69 bits per heavy atom. The Hall–Kier alpha value is -1.62. The van der Waals surface area contributed by atoms with Crippen molar-refractivity contribution in [2.45, 2.75) is 6.92 Å². The maximum atomic E-state index is 11.7. The van der Waals surface area contributed by atoms with Gasteiger partial charge >= 0.3 is 0 Å². The Bertz CT molecular complexity index is 395. The first-order valence-electron chi connectivity index (χ1n) is 4.62. The molecule has 1 amide bonds. The van der Waals surface area contributed by atoms with Crippen molar-refractivity contribution in [3.05, 3.63) is 23.8 Å². The van der Waals surface area contributed by atoms with Gasteiger partial charge in [-0.15, -0.1) is 0 Å². The Morgan fingerprint density at radius 3 is 2.06 bits per heavy atom. The number of carbonyl (C=O) groups excluding carboxylic acids is 1. The van der Waals surface area contributed by atoms with E-state index in [0.717, 1.165) is 0 Å². The Balaban J connectivity index is 3.02. The van der Waals surface area contributed by atoms with Crippen LogP contribution in [-0.4, -0.2) is 25.1 Å². The number of ether oxygens (including phenoxy) is 2. The first kappa shape index (κ1) is 12.4. The first-order valence-corrected chi connectivity index (χ1v) is 5.02. The fourth-order valence-electron chi connectivity index (χ4n) is 1.17. The van der Waals surface area contributed by atoms with Gasteiger partial charge in [0, 0.05) is 11.6 Å². The number of amides is 1. The number of rotatable bonds is 3. The van der Waals surface area contributed by atoms with Crippen LogP contribution in [0, 0.1) is 0 Å². The summed E-state index contributed by atoms with van der Waals surface area (Å²) in [6, 6.07) is 4.94. The zero-order valence-corrected chi connectivity index (χ0v) is 10.2. The molecule has 0 aromatic heterocycles. The summed E-state index contributed by atoms with van der Waals surface area (Å²) in [5.41, 5.74) is 0.445. The second kappa shape index (κ2) is 5.46. The monoisotopic (exact) mass is 239 g/mol. The fourth-order valence-corrected chi connectivity index (χ4v) is 1.26. The third kappa shape index (κ3) is 3.20. The smallest absolute Gasteiger partial charge is 0.256 e. The highest BCUT2D eigenvalue weighted by Gasteiger charge is 2.09. The first-order chi connectivity index (χ1) is 7.56.